The third-order valence-electron chi connectivity index (χ3n) is 3.97. The summed E-state index contributed by atoms with van der Waals surface area (Å²) < 4.78 is 28.2. The lowest BCUT2D eigenvalue weighted by Gasteiger charge is -2.31. The normalized spacial score (nSPS) is 18.8. The quantitative estimate of drug-likeness (QED) is 0.709. The van der Waals surface area contributed by atoms with Gasteiger partial charge in [-0.25, -0.2) is 4.72 Å². The van der Waals surface area contributed by atoms with Crippen LogP contribution in [0.3, 0.4) is 0 Å². The first-order valence-electron chi connectivity index (χ1n) is 6.44. The zero-order chi connectivity index (χ0) is 12.9. The number of nitrogens with two attached hydrogens (primary N) is 1. The van der Waals surface area contributed by atoms with Crippen molar-refractivity contribution >= 4 is 10.2 Å². The second-order valence-electron chi connectivity index (χ2n) is 4.84. The zero-order valence-corrected chi connectivity index (χ0v) is 11.7. The molecule has 0 radical (unpaired) electrons. The molecule has 6 heteroatoms. The first-order valence-corrected chi connectivity index (χ1v) is 7.88. The van der Waals surface area contributed by atoms with Crippen molar-refractivity contribution in [3.8, 4) is 0 Å². The molecule has 0 aromatic heterocycles. The third kappa shape index (κ3) is 3.64. The van der Waals surface area contributed by atoms with Crippen LogP contribution in [0.4, 0.5) is 0 Å². The Kier molecular flexibility index (Phi) is 5.37. The van der Waals surface area contributed by atoms with Crippen LogP contribution < -0.4 is 10.5 Å². The molecule has 0 aromatic carbocycles. The van der Waals surface area contributed by atoms with E-state index in [1.807, 2.05) is 0 Å². The van der Waals surface area contributed by atoms with Crippen molar-refractivity contribution in [1.29, 1.82) is 0 Å². The van der Waals surface area contributed by atoms with Gasteiger partial charge < -0.3 is 5.73 Å². The van der Waals surface area contributed by atoms with Crippen LogP contribution in [0.5, 0.6) is 0 Å². The smallest absolute Gasteiger partial charge is 0.279 e. The van der Waals surface area contributed by atoms with Gasteiger partial charge in [0.2, 0.25) is 0 Å². The van der Waals surface area contributed by atoms with E-state index < -0.39 is 10.2 Å². The maximum Gasteiger partial charge on any atom is 0.279 e. The molecule has 1 aliphatic heterocycles. The van der Waals surface area contributed by atoms with Gasteiger partial charge >= 0.3 is 0 Å². The second kappa shape index (κ2) is 6.13. The Morgan fingerprint density at radius 2 is 1.76 bits per heavy atom. The van der Waals surface area contributed by atoms with Crippen LogP contribution in [0.2, 0.25) is 0 Å². The van der Waals surface area contributed by atoms with Crippen LogP contribution in [0, 0.1) is 5.41 Å². The highest BCUT2D eigenvalue weighted by atomic mass is 32.2. The lowest BCUT2D eigenvalue weighted by molar-refractivity contribution is 0.272. The van der Waals surface area contributed by atoms with Gasteiger partial charge in [0.1, 0.15) is 0 Å². The van der Waals surface area contributed by atoms with E-state index in [-0.39, 0.29) is 5.41 Å². The van der Waals surface area contributed by atoms with Crippen molar-refractivity contribution < 1.29 is 8.42 Å². The summed E-state index contributed by atoms with van der Waals surface area (Å²) in [5.41, 5.74) is 5.66. The van der Waals surface area contributed by atoms with E-state index in [2.05, 4.69) is 18.6 Å². The minimum Gasteiger partial charge on any atom is -0.330 e. The van der Waals surface area contributed by atoms with Gasteiger partial charge in [0.05, 0.1) is 0 Å². The maximum absolute atomic E-state index is 12.0. The van der Waals surface area contributed by atoms with Crippen molar-refractivity contribution in [2.75, 3.05) is 26.2 Å². The molecule has 0 aromatic rings. The van der Waals surface area contributed by atoms with Crippen molar-refractivity contribution in [1.82, 2.24) is 9.03 Å². The Bertz CT molecular complexity index is 311. The van der Waals surface area contributed by atoms with E-state index >= 15 is 0 Å². The van der Waals surface area contributed by atoms with Crippen LogP contribution >= 0.6 is 0 Å². The SMILES string of the molecule is CCC(CC)(CN)CNS(=O)(=O)N1CCCC1. The van der Waals surface area contributed by atoms with Crippen molar-refractivity contribution in [2.24, 2.45) is 11.1 Å². The van der Waals surface area contributed by atoms with Gasteiger partial charge in [0, 0.05) is 19.6 Å². The highest BCUT2D eigenvalue weighted by Gasteiger charge is 2.30. The molecule has 0 bridgehead atoms. The van der Waals surface area contributed by atoms with E-state index in [0.29, 0.717) is 26.2 Å². The summed E-state index contributed by atoms with van der Waals surface area (Å²) in [7, 11) is -3.30. The van der Waals surface area contributed by atoms with Crippen LogP contribution in [0.25, 0.3) is 0 Å². The third-order valence-corrected chi connectivity index (χ3v) is 5.52. The van der Waals surface area contributed by atoms with Crippen LogP contribution in [-0.2, 0) is 10.2 Å². The van der Waals surface area contributed by atoms with Gasteiger partial charge in [0.15, 0.2) is 0 Å². The van der Waals surface area contributed by atoms with Gasteiger partial charge in [0.25, 0.3) is 10.2 Å². The van der Waals surface area contributed by atoms with E-state index in [0.717, 1.165) is 25.7 Å². The van der Waals surface area contributed by atoms with E-state index in [9.17, 15) is 8.42 Å². The van der Waals surface area contributed by atoms with Crippen LogP contribution in [0.1, 0.15) is 39.5 Å². The minimum absolute atomic E-state index is 0.104. The molecule has 3 N–H and O–H groups in total. The van der Waals surface area contributed by atoms with E-state index in [1.54, 1.807) is 0 Å². The highest BCUT2D eigenvalue weighted by Crippen LogP contribution is 2.24. The first-order chi connectivity index (χ1) is 7.99. The molecule has 0 aliphatic carbocycles. The standard InChI is InChI=1S/C11H25N3O2S/c1-3-11(4-2,9-12)10-13-17(15,16)14-7-5-6-8-14/h13H,3-10,12H2,1-2H3. The van der Waals surface area contributed by atoms with E-state index in [1.165, 1.54) is 4.31 Å². The molecular weight excluding hydrogens is 238 g/mol. The van der Waals surface area contributed by atoms with Gasteiger partial charge in [-0.3, -0.25) is 0 Å². The zero-order valence-electron chi connectivity index (χ0n) is 10.9. The Balaban J connectivity index is 2.59. The lowest BCUT2D eigenvalue weighted by atomic mass is 9.83. The Labute approximate surface area is 105 Å². The molecule has 102 valence electrons. The predicted molar refractivity (Wildman–Crippen MR) is 69.8 cm³/mol. The molecule has 0 saturated carbocycles. The molecule has 1 aliphatic rings. The Morgan fingerprint density at radius 1 is 1.24 bits per heavy atom. The number of hydrogen-bond acceptors (Lipinski definition) is 3. The van der Waals surface area contributed by atoms with Crippen LogP contribution in [0.15, 0.2) is 0 Å². The summed E-state index contributed by atoms with van der Waals surface area (Å²) in [5, 5.41) is 0. The monoisotopic (exact) mass is 263 g/mol. The molecule has 0 atom stereocenters. The summed E-state index contributed by atoms with van der Waals surface area (Å²) in [6.45, 7) is 6.35. The molecule has 0 unspecified atom stereocenters. The largest absolute Gasteiger partial charge is 0.330 e. The van der Waals surface area contributed by atoms with Crippen molar-refractivity contribution in [2.45, 2.75) is 39.5 Å². The molecule has 0 spiro atoms. The van der Waals surface area contributed by atoms with Crippen LogP contribution in [-0.4, -0.2) is 38.9 Å². The summed E-state index contributed by atoms with van der Waals surface area (Å²) in [4.78, 5) is 0. The summed E-state index contributed by atoms with van der Waals surface area (Å²) >= 11 is 0. The number of hydrogen-bond donors (Lipinski definition) is 2. The molecule has 1 saturated heterocycles. The molecule has 17 heavy (non-hydrogen) atoms. The first kappa shape index (κ1) is 14.9. The Morgan fingerprint density at radius 3 is 2.18 bits per heavy atom. The molecular formula is C11H25N3O2S. The predicted octanol–water partition coefficient (Wildman–Crippen LogP) is 0.682. The number of nitrogens with one attached hydrogen (secondary N) is 1. The average Bonchev–Trinajstić information content (AvgIpc) is 2.86. The molecule has 1 fully saturated rings. The van der Waals surface area contributed by atoms with Gasteiger partial charge in [-0.15, -0.1) is 0 Å². The number of rotatable bonds is 7. The minimum atomic E-state index is -3.30. The van der Waals surface area contributed by atoms with Gasteiger partial charge in [-0.1, -0.05) is 13.8 Å². The fraction of sp³-hybridized carbons (Fsp3) is 1.00. The number of nitrogens with zero attached hydrogens (tertiary/aromatic N) is 1. The summed E-state index contributed by atoms with van der Waals surface area (Å²) in [5.74, 6) is 0. The van der Waals surface area contributed by atoms with Crippen molar-refractivity contribution in [3.05, 3.63) is 0 Å². The van der Waals surface area contributed by atoms with Gasteiger partial charge in [-0.2, -0.15) is 12.7 Å². The molecule has 0 amide bonds. The maximum atomic E-state index is 12.0. The fourth-order valence-electron chi connectivity index (χ4n) is 2.12. The average molecular weight is 263 g/mol. The van der Waals surface area contributed by atoms with Gasteiger partial charge in [-0.05, 0) is 37.6 Å². The second-order valence-corrected chi connectivity index (χ2v) is 6.60. The van der Waals surface area contributed by atoms with E-state index in [4.69, 9.17) is 5.73 Å². The lowest BCUT2D eigenvalue weighted by Crippen LogP contribution is -2.46. The molecule has 5 nitrogen and oxygen atoms in total. The Hall–Kier alpha value is -0.170. The fourth-order valence-corrected chi connectivity index (χ4v) is 3.53. The summed E-state index contributed by atoms with van der Waals surface area (Å²) in [6.07, 6.45) is 3.71. The summed E-state index contributed by atoms with van der Waals surface area (Å²) in [6, 6.07) is 0. The van der Waals surface area contributed by atoms with Crippen molar-refractivity contribution in [3.63, 3.8) is 0 Å². The molecule has 1 heterocycles. The molecule has 1 rings (SSSR count). The topological polar surface area (TPSA) is 75.4 Å². The highest BCUT2D eigenvalue weighted by molar-refractivity contribution is 7.87.